The van der Waals surface area contributed by atoms with Crippen molar-refractivity contribution in [2.45, 2.75) is 31.7 Å². The van der Waals surface area contributed by atoms with E-state index in [2.05, 4.69) is 29.6 Å². The van der Waals surface area contributed by atoms with Gasteiger partial charge in [-0.25, -0.2) is 4.79 Å². The number of benzene rings is 1. The molecule has 2 aliphatic heterocycles. The molecule has 0 spiro atoms. The van der Waals surface area contributed by atoms with Gasteiger partial charge >= 0.3 is 6.09 Å². The minimum Gasteiger partial charge on any atom is -0.447 e. The first-order valence-electron chi connectivity index (χ1n) is 7.56. The lowest BCUT2D eigenvalue weighted by Gasteiger charge is -2.31. The number of amides is 1. The number of ether oxygens (including phenoxy) is 1. The summed E-state index contributed by atoms with van der Waals surface area (Å²) in [4.78, 5) is 13.4. The number of carbonyl (C=O) groups excluding carboxylic acids is 1. The Hall–Kier alpha value is -2.04. The zero-order chi connectivity index (χ0) is 14.4. The van der Waals surface area contributed by atoms with Gasteiger partial charge in [0.05, 0.1) is 12.1 Å². The van der Waals surface area contributed by atoms with E-state index in [4.69, 9.17) is 4.74 Å². The van der Waals surface area contributed by atoms with Crippen LogP contribution in [0.15, 0.2) is 23.3 Å². The molecule has 1 amide bonds. The molecule has 5 nitrogen and oxygen atoms in total. The molecule has 0 aromatic heterocycles. The molecule has 4 rings (SSSR count). The number of nitrogens with one attached hydrogen (secondary N) is 1. The second-order valence-electron chi connectivity index (χ2n) is 6.20. The molecular weight excluding hydrogens is 266 g/mol. The quantitative estimate of drug-likeness (QED) is 0.862. The third-order valence-corrected chi connectivity index (χ3v) is 4.97. The molecule has 2 atom stereocenters. The van der Waals surface area contributed by atoms with E-state index in [1.807, 2.05) is 12.3 Å². The first-order valence-corrected chi connectivity index (χ1v) is 7.56. The van der Waals surface area contributed by atoms with Crippen molar-refractivity contribution in [3.8, 4) is 0 Å². The Morgan fingerprint density at radius 3 is 3.19 bits per heavy atom. The van der Waals surface area contributed by atoms with E-state index in [0.29, 0.717) is 19.1 Å². The Kier molecular flexibility index (Phi) is 2.71. The average Bonchev–Trinajstić information content (AvgIpc) is 3.03. The number of hydrogen-bond donors (Lipinski definition) is 1. The van der Waals surface area contributed by atoms with E-state index < -0.39 is 0 Å². The largest absolute Gasteiger partial charge is 0.447 e. The van der Waals surface area contributed by atoms with Crippen LogP contribution in [0, 0.1) is 5.92 Å². The molecular formula is C16H19N3O2. The monoisotopic (exact) mass is 285 g/mol. The first-order chi connectivity index (χ1) is 10.2. The van der Waals surface area contributed by atoms with E-state index in [-0.39, 0.29) is 11.6 Å². The molecule has 0 radical (unpaired) electrons. The van der Waals surface area contributed by atoms with Gasteiger partial charge in [0.15, 0.2) is 0 Å². The van der Waals surface area contributed by atoms with Gasteiger partial charge in [-0.05, 0) is 49.4 Å². The zero-order valence-electron chi connectivity index (χ0n) is 12.1. The molecule has 5 heteroatoms. The molecule has 1 aromatic rings. The fourth-order valence-electron chi connectivity index (χ4n) is 3.72. The SMILES string of the molecule is CC12NN=CC1CCCc1cc(N3CCOC3=O)ccc12. The number of carbonyl (C=O) groups is 1. The minimum absolute atomic E-state index is 0.115. The third kappa shape index (κ3) is 1.83. The van der Waals surface area contributed by atoms with Crippen molar-refractivity contribution in [2.24, 2.45) is 11.0 Å². The fourth-order valence-corrected chi connectivity index (χ4v) is 3.72. The lowest BCUT2D eigenvalue weighted by Crippen LogP contribution is -2.39. The molecule has 1 aliphatic carbocycles. The van der Waals surface area contributed by atoms with Crippen LogP contribution in [-0.4, -0.2) is 25.5 Å². The van der Waals surface area contributed by atoms with Crippen LogP contribution in [0.2, 0.25) is 0 Å². The Bertz CT molecular complexity index is 628. The van der Waals surface area contributed by atoms with E-state index in [1.54, 1.807) is 4.90 Å². The van der Waals surface area contributed by atoms with E-state index in [0.717, 1.165) is 24.9 Å². The Morgan fingerprint density at radius 1 is 1.48 bits per heavy atom. The highest BCUT2D eigenvalue weighted by atomic mass is 16.6. The van der Waals surface area contributed by atoms with Crippen molar-refractivity contribution in [2.75, 3.05) is 18.1 Å². The van der Waals surface area contributed by atoms with Crippen LogP contribution >= 0.6 is 0 Å². The predicted molar refractivity (Wildman–Crippen MR) is 80.5 cm³/mol. The van der Waals surface area contributed by atoms with Crippen LogP contribution in [0.4, 0.5) is 10.5 Å². The number of cyclic esters (lactones) is 1. The summed E-state index contributed by atoms with van der Waals surface area (Å²) in [6.07, 6.45) is 5.14. The second-order valence-corrected chi connectivity index (χ2v) is 6.20. The van der Waals surface area contributed by atoms with Crippen molar-refractivity contribution in [1.82, 2.24) is 5.43 Å². The molecule has 2 heterocycles. The van der Waals surface area contributed by atoms with Gasteiger partial charge in [0.1, 0.15) is 6.61 Å². The smallest absolute Gasteiger partial charge is 0.414 e. The fraction of sp³-hybridized carbons (Fsp3) is 0.500. The predicted octanol–water partition coefficient (Wildman–Crippen LogP) is 2.40. The number of hydrogen-bond acceptors (Lipinski definition) is 4. The summed E-state index contributed by atoms with van der Waals surface area (Å²) in [5, 5.41) is 4.29. The number of fused-ring (bicyclic) bond motifs is 3. The average molecular weight is 285 g/mol. The molecule has 0 saturated carbocycles. The molecule has 110 valence electrons. The van der Waals surface area contributed by atoms with Gasteiger partial charge in [-0.15, -0.1) is 0 Å². The number of nitrogens with zero attached hydrogens (tertiary/aromatic N) is 2. The maximum Gasteiger partial charge on any atom is 0.414 e. The minimum atomic E-state index is -0.241. The molecule has 1 saturated heterocycles. The summed E-state index contributed by atoms with van der Waals surface area (Å²) in [5.41, 5.74) is 6.74. The summed E-state index contributed by atoms with van der Waals surface area (Å²) >= 11 is 0. The zero-order valence-corrected chi connectivity index (χ0v) is 12.1. The maximum atomic E-state index is 11.7. The van der Waals surface area contributed by atoms with Gasteiger partial charge in [-0.3, -0.25) is 10.3 Å². The Morgan fingerprint density at radius 2 is 2.38 bits per heavy atom. The molecule has 1 N–H and O–H groups in total. The van der Waals surface area contributed by atoms with Gasteiger partial charge < -0.3 is 4.74 Å². The molecule has 0 bridgehead atoms. The van der Waals surface area contributed by atoms with Crippen molar-refractivity contribution in [3.63, 3.8) is 0 Å². The normalized spacial score (nSPS) is 30.4. The van der Waals surface area contributed by atoms with Gasteiger partial charge in [0.25, 0.3) is 0 Å². The molecule has 1 fully saturated rings. The number of hydrazone groups is 1. The highest BCUT2D eigenvalue weighted by Gasteiger charge is 2.41. The van der Waals surface area contributed by atoms with Crippen LogP contribution in [0.5, 0.6) is 0 Å². The summed E-state index contributed by atoms with van der Waals surface area (Å²) in [6, 6.07) is 6.32. The van der Waals surface area contributed by atoms with Gasteiger partial charge in [-0.1, -0.05) is 6.07 Å². The summed E-state index contributed by atoms with van der Waals surface area (Å²) in [6.45, 7) is 3.34. The van der Waals surface area contributed by atoms with Crippen LogP contribution in [-0.2, 0) is 16.7 Å². The molecule has 21 heavy (non-hydrogen) atoms. The van der Waals surface area contributed by atoms with Crippen LogP contribution < -0.4 is 10.3 Å². The van der Waals surface area contributed by atoms with E-state index in [1.165, 1.54) is 11.1 Å². The topological polar surface area (TPSA) is 53.9 Å². The third-order valence-electron chi connectivity index (χ3n) is 4.97. The number of aryl methyl sites for hydroxylation is 1. The van der Waals surface area contributed by atoms with Crippen molar-refractivity contribution < 1.29 is 9.53 Å². The van der Waals surface area contributed by atoms with Crippen molar-refractivity contribution >= 4 is 18.0 Å². The first kappa shape index (κ1) is 12.7. The summed E-state index contributed by atoms with van der Waals surface area (Å²) in [7, 11) is 0. The van der Waals surface area contributed by atoms with Gasteiger partial charge in [0, 0.05) is 17.8 Å². The molecule has 3 aliphatic rings. The van der Waals surface area contributed by atoms with Crippen molar-refractivity contribution in [3.05, 3.63) is 29.3 Å². The van der Waals surface area contributed by atoms with Crippen molar-refractivity contribution in [1.29, 1.82) is 0 Å². The Labute approximate surface area is 124 Å². The lowest BCUT2D eigenvalue weighted by atomic mass is 9.80. The van der Waals surface area contributed by atoms with E-state index >= 15 is 0 Å². The van der Waals surface area contributed by atoms with Crippen LogP contribution in [0.25, 0.3) is 0 Å². The van der Waals surface area contributed by atoms with Gasteiger partial charge in [0.2, 0.25) is 0 Å². The van der Waals surface area contributed by atoms with Crippen LogP contribution in [0.1, 0.15) is 30.9 Å². The summed E-state index contributed by atoms with van der Waals surface area (Å²) < 4.78 is 5.03. The van der Waals surface area contributed by atoms with Crippen LogP contribution in [0.3, 0.4) is 0 Å². The lowest BCUT2D eigenvalue weighted by molar-refractivity contribution is 0.181. The Balaban J connectivity index is 1.75. The maximum absolute atomic E-state index is 11.7. The number of rotatable bonds is 1. The molecule has 2 unspecified atom stereocenters. The highest BCUT2D eigenvalue weighted by Crippen LogP contribution is 2.41. The number of anilines is 1. The highest BCUT2D eigenvalue weighted by molar-refractivity contribution is 5.89. The summed E-state index contributed by atoms with van der Waals surface area (Å²) in [5.74, 6) is 0.446. The standard InChI is InChI=1S/C16H19N3O2/c1-16-12(10-17-18-16)4-2-3-11-9-13(5-6-14(11)16)19-7-8-21-15(19)20/h5-6,9-10,12,18H,2-4,7-8H2,1H3. The van der Waals surface area contributed by atoms with E-state index in [9.17, 15) is 4.79 Å². The van der Waals surface area contributed by atoms with Gasteiger partial charge in [-0.2, -0.15) is 5.10 Å². The second kappa shape index (κ2) is 4.48. The molecule has 1 aromatic carbocycles.